The van der Waals surface area contributed by atoms with Crippen LogP contribution in [0.25, 0.3) is 0 Å². The fourth-order valence-corrected chi connectivity index (χ4v) is 4.39. The van der Waals surface area contributed by atoms with E-state index in [-0.39, 0.29) is 0 Å². The van der Waals surface area contributed by atoms with E-state index in [9.17, 15) is 0 Å². The number of aromatic nitrogens is 4. The zero-order valence-electron chi connectivity index (χ0n) is 12.8. The van der Waals surface area contributed by atoms with Crippen LogP contribution in [0.2, 0.25) is 0 Å². The van der Waals surface area contributed by atoms with Crippen molar-refractivity contribution in [2.45, 2.75) is 81.4 Å². The van der Waals surface area contributed by atoms with Gasteiger partial charge in [-0.15, -0.1) is 5.10 Å². The SMILES string of the molecule is C1CCC(NCCCSc2nnnn2C2CCCC2)CC1. The van der Waals surface area contributed by atoms with Gasteiger partial charge < -0.3 is 5.32 Å². The normalized spacial score (nSPS) is 21.1. The Morgan fingerprint density at radius 2 is 1.81 bits per heavy atom. The summed E-state index contributed by atoms with van der Waals surface area (Å²) in [4.78, 5) is 0. The van der Waals surface area contributed by atoms with E-state index in [2.05, 4.69) is 25.5 Å². The Balaban J connectivity index is 1.34. The molecule has 0 bridgehead atoms. The fourth-order valence-electron chi connectivity index (χ4n) is 3.51. The quantitative estimate of drug-likeness (QED) is 0.619. The molecule has 0 radical (unpaired) electrons. The first kappa shape index (κ1) is 15.3. The van der Waals surface area contributed by atoms with Crippen molar-refractivity contribution in [1.29, 1.82) is 0 Å². The number of thioether (sulfide) groups is 1. The molecule has 2 aliphatic rings. The maximum atomic E-state index is 4.19. The van der Waals surface area contributed by atoms with Gasteiger partial charge in [0.05, 0.1) is 6.04 Å². The van der Waals surface area contributed by atoms with Crippen LogP contribution in [0.5, 0.6) is 0 Å². The summed E-state index contributed by atoms with van der Waals surface area (Å²) < 4.78 is 2.06. The van der Waals surface area contributed by atoms with Crippen LogP contribution in [0.3, 0.4) is 0 Å². The minimum atomic E-state index is 0.544. The van der Waals surface area contributed by atoms with E-state index in [1.54, 1.807) is 0 Å². The van der Waals surface area contributed by atoms with Crippen LogP contribution in [0.15, 0.2) is 5.16 Å². The summed E-state index contributed by atoms with van der Waals surface area (Å²) in [5.74, 6) is 1.10. The van der Waals surface area contributed by atoms with Gasteiger partial charge in [0.25, 0.3) is 0 Å². The maximum absolute atomic E-state index is 4.19. The Hall–Kier alpha value is -0.620. The summed E-state index contributed by atoms with van der Waals surface area (Å²) >= 11 is 1.81. The third-order valence-corrected chi connectivity index (χ3v) is 5.74. The molecule has 0 atom stereocenters. The van der Waals surface area contributed by atoms with Crippen LogP contribution in [0.1, 0.15) is 70.3 Å². The van der Waals surface area contributed by atoms with Crippen LogP contribution in [-0.4, -0.2) is 38.5 Å². The third kappa shape index (κ3) is 4.42. The van der Waals surface area contributed by atoms with Crippen LogP contribution in [0, 0.1) is 0 Å². The molecule has 5 nitrogen and oxygen atoms in total. The van der Waals surface area contributed by atoms with E-state index in [0.717, 1.165) is 23.5 Å². The second-order valence-electron chi connectivity index (χ2n) is 6.34. The zero-order valence-corrected chi connectivity index (χ0v) is 13.7. The predicted molar refractivity (Wildman–Crippen MR) is 85.5 cm³/mol. The molecule has 3 rings (SSSR count). The Bertz CT molecular complexity index is 410. The summed E-state index contributed by atoms with van der Waals surface area (Å²) in [7, 11) is 0. The summed E-state index contributed by atoms with van der Waals surface area (Å²) in [6.45, 7) is 1.13. The van der Waals surface area contributed by atoms with Crippen LogP contribution < -0.4 is 5.32 Å². The van der Waals surface area contributed by atoms with E-state index < -0.39 is 0 Å². The van der Waals surface area contributed by atoms with E-state index in [4.69, 9.17) is 0 Å². The minimum Gasteiger partial charge on any atom is -0.314 e. The summed E-state index contributed by atoms with van der Waals surface area (Å²) in [5.41, 5.74) is 0. The highest BCUT2D eigenvalue weighted by Gasteiger charge is 2.21. The van der Waals surface area contributed by atoms with E-state index in [1.807, 2.05) is 11.8 Å². The Kier molecular flexibility index (Phi) is 5.92. The molecule has 2 fully saturated rings. The van der Waals surface area contributed by atoms with Crippen molar-refractivity contribution in [2.24, 2.45) is 0 Å². The summed E-state index contributed by atoms with van der Waals surface area (Å²) in [6.07, 6.45) is 13.3. The van der Waals surface area contributed by atoms with Crippen LogP contribution in [0.4, 0.5) is 0 Å². The molecule has 0 amide bonds. The van der Waals surface area contributed by atoms with E-state index >= 15 is 0 Å². The highest BCUT2D eigenvalue weighted by atomic mass is 32.2. The molecule has 0 aromatic carbocycles. The molecule has 2 saturated carbocycles. The lowest BCUT2D eigenvalue weighted by atomic mass is 9.95. The molecule has 0 unspecified atom stereocenters. The van der Waals surface area contributed by atoms with Crippen LogP contribution >= 0.6 is 11.8 Å². The van der Waals surface area contributed by atoms with Crippen molar-refractivity contribution < 1.29 is 0 Å². The number of nitrogens with zero attached hydrogens (tertiary/aromatic N) is 4. The monoisotopic (exact) mass is 309 g/mol. The lowest BCUT2D eigenvalue weighted by Crippen LogP contribution is -2.31. The molecule has 1 heterocycles. The molecule has 1 aromatic heterocycles. The van der Waals surface area contributed by atoms with Gasteiger partial charge in [0.15, 0.2) is 0 Å². The van der Waals surface area contributed by atoms with Gasteiger partial charge in [-0.2, -0.15) is 0 Å². The molecule has 6 heteroatoms. The van der Waals surface area contributed by atoms with Crippen molar-refractivity contribution in [3.63, 3.8) is 0 Å². The second-order valence-corrected chi connectivity index (χ2v) is 7.40. The first-order valence-electron chi connectivity index (χ1n) is 8.57. The number of hydrogen-bond donors (Lipinski definition) is 1. The topological polar surface area (TPSA) is 55.6 Å². The molecule has 1 aromatic rings. The summed E-state index contributed by atoms with van der Waals surface area (Å²) in [5, 5.41) is 17.0. The molecule has 21 heavy (non-hydrogen) atoms. The van der Waals surface area contributed by atoms with E-state index in [0.29, 0.717) is 6.04 Å². The summed E-state index contributed by atoms with van der Waals surface area (Å²) in [6, 6.07) is 1.32. The fraction of sp³-hybridized carbons (Fsp3) is 0.933. The van der Waals surface area contributed by atoms with Gasteiger partial charge in [0.2, 0.25) is 5.16 Å². The molecule has 2 aliphatic carbocycles. The Labute approximate surface area is 131 Å². The Morgan fingerprint density at radius 3 is 2.62 bits per heavy atom. The van der Waals surface area contributed by atoms with E-state index in [1.165, 1.54) is 64.2 Å². The van der Waals surface area contributed by atoms with Gasteiger partial charge in [-0.05, 0) is 49.1 Å². The van der Waals surface area contributed by atoms with Crippen molar-refractivity contribution in [2.75, 3.05) is 12.3 Å². The lowest BCUT2D eigenvalue weighted by molar-refractivity contribution is 0.374. The Morgan fingerprint density at radius 1 is 1.05 bits per heavy atom. The number of hydrogen-bond acceptors (Lipinski definition) is 5. The lowest BCUT2D eigenvalue weighted by Gasteiger charge is -2.22. The van der Waals surface area contributed by atoms with Crippen molar-refractivity contribution in [1.82, 2.24) is 25.5 Å². The maximum Gasteiger partial charge on any atom is 0.209 e. The highest BCUT2D eigenvalue weighted by molar-refractivity contribution is 7.99. The number of tetrazole rings is 1. The average molecular weight is 309 g/mol. The first-order valence-corrected chi connectivity index (χ1v) is 9.56. The van der Waals surface area contributed by atoms with Gasteiger partial charge in [-0.3, -0.25) is 0 Å². The molecular weight excluding hydrogens is 282 g/mol. The molecule has 118 valence electrons. The highest BCUT2D eigenvalue weighted by Crippen LogP contribution is 2.31. The van der Waals surface area contributed by atoms with Gasteiger partial charge in [-0.1, -0.05) is 43.9 Å². The smallest absolute Gasteiger partial charge is 0.209 e. The second kappa shape index (κ2) is 8.13. The van der Waals surface area contributed by atoms with Crippen molar-refractivity contribution in [3.8, 4) is 0 Å². The average Bonchev–Trinajstić information content (AvgIpc) is 3.19. The molecule has 0 aliphatic heterocycles. The molecule has 0 saturated heterocycles. The molecular formula is C15H27N5S. The third-order valence-electron chi connectivity index (χ3n) is 4.72. The van der Waals surface area contributed by atoms with Gasteiger partial charge >= 0.3 is 0 Å². The van der Waals surface area contributed by atoms with Crippen LogP contribution in [-0.2, 0) is 0 Å². The van der Waals surface area contributed by atoms with Crippen molar-refractivity contribution >= 4 is 11.8 Å². The number of rotatable bonds is 7. The standard InChI is InChI=1S/C15H27N5S/c1-2-7-13(8-3-1)16-11-6-12-21-15-17-18-19-20(15)14-9-4-5-10-14/h13-14,16H,1-12H2. The molecule has 1 N–H and O–H groups in total. The van der Waals surface area contributed by atoms with Gasteiger partial charge in [0, 0.05) is 11.8 Å². The first-order chi connectivity index (χ1) is 10.4. The van der Waals surface area contributed by atoms with Gasteiger partial charge in [0.1, 0.15) is 0 Å². The largest absolute Gasteiger partial charge is 0.314 e. The van der Waals surface area contributed by atoms with Crippen molar-refractivity contribution in [3.05, 3.63) is 0 Å². The molecule has 0 spiro atoms. The predicted octanol–water partition coefficient (Wildman–Crippen LogP) is 3.19. The van der Waals surface area contributed by atoms with Gasteiger partial charge in [-0.25, -0.2) is 4.68 Å². The zero-order chi connectivity index (χ0) is 14.3. The minimum absolute atomic E-state index is 0.544. The number of nitrogens with one attached hydrogen (secondary N) is 1.